The topological polar surface area (TPSA) is 50.7 Å². The van der Waals surface area contributed by atoms with Crippen molar-refractivity contribution >= 4 is 68.9 Å². The van der Waals surface area contributed by atoms with Gasteiger partial charge in [0, 0.05) is 32.4 Å². The number of amides is 1. The molecule has 1 aromatic heterocycles. The minimum atomic E-state index is -0.153. The molecule has 1 aliphatic carbocycles. The molecular formula is C29H23Cl3N2O2S. The Labute approximate surface area is 234 Å². The first kappa shape index (κ1) is 25.8. The van der Waals surface area contributed by atoms with Crippen LogP contribution < -0.4 is 10.1 Å². The van der Waals surface area contributed by atoms with Gasteiger partial charge in [-0.25, -0.2) is 4.99 Å². The van der Waals surface area contributed by atoms with E-state index in [2.05, 4.69) is 5.32 Å². The van der Waals surface area contributed by atoms with Crippen LogP contribution in [0, 0.1) is 0 Å². The van der Waals surface area contributed by atoms with E-state index in [4.69, 9.17) is 44.5 Å². The van der Waals surface area contributed by atoms with E-state index in [0.29, 0.717) is 36.9 Å². The van der Waals surface area contributed by atoms with Crippen LogP contribution in [0.3, 0.4) is 0 Å². The second-order valence-corrected chi connectivity index (χ2v) is 11.1. The Morgan fingerprint density at radius 1 is 0.973 bits per heavy atom. The van der Waals surface area contributed by atoms with Gasteiger partial charge in [-0.2, -0.15) is 0 Å². The molecule has 0 bridgehead atoms. The number of fused-ring (bicyclic) bond motifs is 1. The highest BCUT2D eigenvalue weighted by atomic mass is 35.5. The van der Waals surface area contributed by atoms with Crippen molar-refractivity contribution in [1.82, 2.24) is 0 Å². The van der Waals surface area contributed by atoms with Crippen LogP contribution in [0.1, 0.15) is 44.8 Å². The monoisotopic (exact) mass is 568 g/mol. The molecule has 1 N–H and O–H groups in total. The smallest absolute Gasteiger partial charge is 0.259 e. The van der Waals surface area contributed by atoms with Crippen LogP contribution in [0.5, 0.6) is 5.75 Å². The molecule has 0 unspecified atom stereocenters. The number of rotatable bonds is 7. The highest BCUT2D eigenvalue weighted by molar-refractivity contribution is 7.16. The van der Waals surface area contributed by atoms with E-state index in [1.54, 1.807) is 29.7 Å². The van der Waals surface area contributed by atoms with Crippen molar-refractivity contribution in [2.45, 2.75) is 32.3 Å². The first-order valence-corrected chi connectivity index (χ1v) is 13.8. The number of nitrogens with one attached hydrogen (secondary N) is 1. The fourth-order valence-corrected chi connectivity index (χ4v) is 6.34. The standard InChI is InChI=1S/C29H23Cl3N2O2S/c30-20-8-6-7-18(13-20)17-36-27-19(14-21(31)15-24(27)32)16-33-29-26(23-11-4-5-12-25(23)37-29)28(35)34-22-9-2-1-3-10-22/h1-3,6-10,13-16H,4-5,11-12,17H2,(H,34,35). The number of carbonyl (C=O) groups is 1. The summed E-state index contributed by atoms with van der Waals surface area (Å²) in [5.74, 6) is 0.311. The highest BCUT2D eigenvalue weighted by Crippen LogP contribution is 2.41. The number of ether oxygens (including phenoxy) is 1. The van der Waals surface area contributed by atoms with Crippen molar-refractivity contribution in [1.29, 1.82) is 0 Å². The summed E-state index contributed by atoms with van der Waals surface area (Å²) in [6, 6.07) is 20.3. The zero-order valence-corrected chi connectivity index (χ0v) is 22.9. The number of benzene rings is 3. The Hall–Kier alpha value is -2.83. The summed E-state index contributed by atoms with van der Waals surface area (Å²) >= 11 is 20.5. The summed E-state index contributed by atoms with van der Waals surface area (Å²) < 4.78 is 6.07. The zero-order valence-electron chi connectivity index (χ0n) is 19.8. The first-order valence-electron chi connectivity index (χ1n) is 11.9. The summed E-state index contributed by atoms with van der Waals surface area (Å²) in [5.41, 5.74) is 4.01. The number of para-hydroxylation sites is 1. The molecule has 1 amide bonds. The van der Waals surface area contributed by atoms with Crippen LogP contribution in [-0.2, 0) is 19.4 Å². The van der Waals surface area contributed by atoms with Gasteiger partial charge >= 0.3 is 0 Å². The van der Waals surface area contributed by atoms with Gasteiger partial charge in [-0.1, -0.05) is 65.1 Å². The number of hydrogen-bond acceptors (Lipinski definition) is 4. The highest BCUT2D eigenvalue weighted by Gasteiger charge is 2.25. The Morgan fingerprint density at radius 3 is 2.59 bits per heavy atom. The number of aliphatic imine (C=N–C) groups is 1. The maximum Gasteiger partial charge on any atom is 0.259 e. The third-order valence-electron chi connectivity index (χ3n) is 6.04. The molecule has 0 aliphatic heterocycles. The third-order valence-corrected chi connectivity index (χ3v) is 7.98. The van der Waals surface area contributed by atoms with Gasteiger partial charge in [-0.3, -0.25) is 4.79 Å². The van der Waals surface area contributed by atoms with Crippen molar-refractivity contribution in [3.05, 3.63) is 109 Å². The van der Waals surface area contributed by atoms with Gasteiger partial charge in [-0.05, 0) is 73.2 Å². The molecule has 0 saturated heterocycles. The molecule has 0 fully saturated rings. The normalized spacial score (nSPS) is 12.9. The van der Waals surface area contributed by atoms with Gasteiger partial charge in [0.2, 0.25) is 0 Å². The van der Waals surface area contributed by atoms with E-state index in [-0.39, 0.29) is 12.5 Å². The number of aryl methyl sites for hydroxylation is 1. The molecule has 3 aromatic carbocycles. The number of hydrogen-bond donors (Lipinski definition) is 1. The molecule has 0 radical (unpaired) electrons. The summed E-state index contributed by atoms with van der Waals surface area (Å²) in [7, 11) is 0. The number of carbonyl (C=O) groups excluding carboxylic acids is 1. The molecule has 1 heterocycles. The van der Waals surface area contributed by atoms with Crippen molar-refractivity contribution in [2.75, 3.05) is 5.32 Å². The lowest BCUT2D eigenvalue weighted by Gasteiger charge is -2.13. The molecule has 188 valence electrons. The van der Waals surface area contributed by atoms with E-state index >= 15 is 0 Å². The largest absolute Gasteiger partial charge is 0.487 e. The molecular weight excluding hydrogens is 547 g/mol. The van der Waals surface area contributed by atoms with Gasteiger partial charge < -0.3 is 10.1 Å². The van der Waals surface area contributed by atoms with E-state index < -0.39 is 0 Å². The molecule has 0 atom stereocenters. The third kappa shape index (κ3) is 6.19. The SMILES string of the molecule is O=C(Nc1ccccc1)c1c(N=Cc2cc(Cl)cc(Cl)c2OCc2cccc(Cl)c2)sc2c1CCCC2. The van der Waals surface area contributed by atoms with Gasteiger partial charge in [0.25, 0.3) is 5.91 Å². The molecule has 5 rings (SSSR count). The lowest BCUT2D eigenvalue weighted by atomic mass is 9.95. The van der Waals surface area contributed by atoms with E-state index in [0.717, 1.165) is 42.5 Å². The second-order valence-electron chi connectivity index (χ2n) is 8.69. The zero-order chi connectivity index (χ0) is 25.8. The first-order chi connectivity index (χ1) is 18.0. The lowest BCUT2D eigenvalue weighted by molar-refractivity contribution is 0.102. The fourth-order valence-electron chi connectivity index (χ4n) is 4.33. The van der Waals surface area contributed by atoms with Crippen LogP contribution in [0.2, 0.25) is 15.1 Å². The average molecular weight is 570 g/mol. The van der Waals surface area contributed by atoms with Crippen molar-refractivity contribution in [3.63, 3.8) is 0 Å². The van der Waals surface area contributed by atoms with E-state index in [9.17, 15) is 4.79 Å². The van der Waals surface area contributed by atoms with Gasteiger partial charge in [0.15, 0.2) is 0 Å². The van der Waals surface area contributed by atoms with Crippen LogP contribution in [0.15, 0.2) is 71.7 Å². The van der Waals surface area contributed by atoms with Crippen LogP contribution in [0.4, 0.5) is 10.7 Å². The summed E-state index contributed by atoms with van der Waals surface area (Å²) in [6.45, 7) is 0.279. The Bertz CT molecular complexity index is 1470. The number of nitrogens with zero attached hydrogens (tertiary/aromatic N) is 1. The minimum Gasteiger partial charge on any atom is -0.487 e. The van der Waals surface area contributed by atoms with Crippen molar-refractivity contribution < 1.29 is 9.53 Å². The summed E-state index contributed by atoms with van der Waals surface area (Å²) in [4.78, 5) is 19.4. The maximum atomic E-state index is 13.4. The fraction of sp³-hybridized carbons (Fsp3) is 0.172. The Morgan fingerprint density at radius 2 is 1.78 bits per heavy atom. The van der Waals surface area contributed by atoms with Crippen LogP contribution in [0.25, 0.3) is 0 Å². The molecule has 8 heteroatoms. The van der Waals surface area contributed by atoms with Crippen LogP contribution in [-0.4, -0.2) is 12.1 Å². The van der Waals surface area contributed by atoms with Gasteiger partial charge in [0.05, 0.1) is 10.6 Å². The predicted octanol–water partition coefficient (Wildman–Crippen LogP) is 9.17. The van der Waals surface area contributed by atoms with Crippen molar-refractivity contribution in [3.8, 4) is 5.75 Å². The second kappa shape index (κ2) is 11.7. The predicted molar refractivity (Wildman–Crippen MR) is 155 cm³/mol. The van der Waals surface area contributed by atoms with E-state index in [1.165, 1.54) is 4.88 Å². The maximum absolute atomic E-state index is 13.4. The Balaban J connectivity index is 1.47. The lowest BCUT2D eigenvalue weighted by Crippen LogP contribution is -2.14. The molecule has 1 aliphatic rings. The number of halogens is 3. The van der Waals surface area contributed by atoms with Gasteiger partial charge in [-0.15, -0.1) is 11.3 Å². The van der Waals surface area contributed by atoms with Crippen LogP contribution >= 0.6 is 46.1 Å². The number of thiophene rings is 1. The molecule has 4 nitrogen and oxygen atoms in total. The summed E-state index contributed by atoms with van der Waals surface area (Å²) in [6.07, 6.45) is 5.67. The Kier molecular flexibility index (Phi) is 8.16. The quantitative estimate of drug-likeness (QED) is 0.226. The molecule has 4 aromatic rings. The molecule has 0 saturated carbocycles. The average Bonchev–Trinajstić information content (AvgIpc) is 3.26. The van der Waals surface area contributed by atoms with E-state index in [1.807, 2.05) is 54.6 Å². The van der Waals surface area contributed by atoms with Crippen molar-refractivity contribution in [2.24, 2.45) is 4.99 Å². The number of anilines is 1. The minimum absolute atomic E-state index is 0.153. The molecule has 0 spiro atoms. The molecule has 37 heavy (non-hydrogen) atoms. The summed E-state index contributed by atoms with van der Waals surface area (Å²) in [5, 5.41) is 5.16. The van der Waals surface area contributed by atoms with Gasteiger partial charge in [0.1, 0.15) is 17.4 Å².